The molecule has 1 amide bonds. The Bertz CT molecular complexity index is 604. The van der Waals surface area contributed by atoms with Crippen LogP contribution in [0.15, 0.2) is 55.4 Å². The van der Waals surface area contributed by atoms with Crippen molar-refractivity contribution < 1.29 is 4.79 Å². The van der Waals surface area contributed by atoms with E-state index in [1.54, 1.807) is 11.1 Å². The Morgan fingerprint density at radius 3 is 2.95 bits per heavy atom. The fraction of sp³-hybridized carbons (Fsp3) is 0.200. The van der Waals surface area contributed by atoms with Crippen LogP contribution in [0.3, 0.4) is 0 Å². The summed E-state index contributed by atoms with van der Waals surface area (Å²) in [5.41, 5.74) is 2.15. The molecule has 2 heterocycles. The monoisotopic (exact) mass is 253 g/mol. The second kappa shape index (κ2) is 4.72. The first-order chi connectivity index (χ1) is 9.29. The zero-order chi connectivity index (χ0) is 13.2. The molecule has 0 aliphatic carbocycles. The van der Waals surface area contributed by atoms with Crippen molar-refractivity contribution in [2.75, 3.05) is 11.4 Å². The molecule has 0 N–H and O–H groups in total. The number of carbonyl (C=O) groups is 1. The molecule has 1 aromatic carbocycles. The third kappa shape index (κ3) is 2.05. The average molecular weight is 253 g/mol. The molecule has 0 saturated heterocycles. The van der Waals surface area contributed by atoms with Gasteiger partial charge in [-0.25, -0.2) is 0 Å². The van der Waals surface area contributed by atoms with Gasteiger partial charge in [-0.3, -0.25) is 9.48 Å². The Labute approximate surface area is 112 Å². The maximum atomic E-state index is 12.0. The zero-order valence-corrected chi connectivity index (χ0v) is 10.6. The molecule has 1 aromatic heterocycles. The molecular weight excluding hydrogens is 238 g/mol. The van der Waals surface area contributed by atoms with Crippen LogP contribution < -0.4 is 4.90 Å². The van der Waals surface area contributed by atoms with Crippen LogP contribution in [-0.2, 0) is 11.2 Å². The van der Waals surface area contributed by atoms with Crippen LogP contribution >= 0.6 is 0 Å². The van der Waals surface area contributed by atoms with Gasteiger partial charge in [-0.15, -0.1) is 0 Å². The van der Waals surface area contributed by atoms with Gasteiger partial charge in [-0.2, -0.15) is 5.10 Å². The summed E-state index contributed by atoms with van der Waals surface area (Å²) < 4.78 is 1.92. The van der Waals surface area contributed by atoms with Crippen molar-refractivity contribution in [3.05, 3.63) is 60.9 Å². The summed E-state index contributed by atoms with van der Waals surface area (Å²) in [6.45, 7) is 4.21. The largest absolute Gasteiger partial charge is 0.306 e. The van der Waals surface area contributed by atoms with Crippen molar-refractivity contribution >= 4 is 11.6 Å². The van der Waals surface area contributed by atoms with Crippen molar-refractivity contribution in [3.63, 3.8) is 0 Å². The molecule has 0 spiro atoms. The maximum Gasteiger partial charge on any atom is 0.250 e. The lowest BCUT2D eigenvalue weighted by molar-refractivity contribution is -0.114. The molecule has 0 radical (unpaired) electrons. The molecule has 2 aromatic rings. The second-order valence-electron chi connectivity index (χ2n) is 4.63. The number of anilines is 1. The van der Waals surface area contributed by atoms with Crippen molar-refractivity contribution in [3.8, 4) is 0 Å². The predicted octanol–water partition coefficient (Wildman–Crippen LogP) is 2.20. The fourth-order valence-electron chi connectivity index (χ4n) is 2.57. The minimum atomic E-state index is -0.0655. The van der Waals surface area contributed by atoms with Crippen molar-refractivity contribution in [1.29, 1.82) is 0 Å². The lowest BCUT2D eigenvalue weighted by atomic mass is 9.98. The van der Waals surface area contributed by atoms with Crippen molar-refractivity contribution in [2.45, 2.75) is 12.5 Å². The highest BCUT2D eigenvalue weighted by atomic mass is 16.2. The lowest BCUT2D eigenvalue weighted by Crippen LogP contribution is -2.40. The number of aromatic nitrogens is 2. The number of carbonyl (C=O) groups excluding carboxylic acids is 1. The second-order valence-corrected chi connectivity index (χ2v) is 4.63. The summed E-state index contributed by atoms with van der Waals surface area (Å²) in [5, 5.41) is 4.29. The minimum absolute atomic E-state index is 0.0655. The molecule has 3 rings (SSSR count). The van der Waals surface area contributed by atoms with E-state index >= 15 is 0 Å². The Kier molecular flexibility index (Phi) is 2.91. The first-order valence-electron chi connectivity index (χ1n) is 6.30. The Morgan fingerprint density at radius 2 is 2.21 bits per heavy atom. The van der Waals surface area contributed by atoms with Gasteiger partial charge in [0.05, 0.1) is 6.04 Å². The highest BCUT2D eigenvalue weighted by molar-refractivity contribution is 6.02. The van der Waals surface area contributed by atoms with E-state index in [-0.39, 0.29) is 11.9 Å². The highest BCUT2D eigenvalue weighted by Gasteiger charge is 2.28. The maximum absolute atomic E-state index is 12.0. The van der Waals surface area contributed by atoms with E-state index in [0.29, 0.717) is 6.54 Å². The fourth-order valence-corrected chi connectivity index (χ4v) is 2.57. The Balaban J connectivity index is 2.00. The van der Waals surface area contributed by atoms with E-state index < -0.39 is 0 Å². The van der Waals surface area contributed by atoms with Crippen LogP contribution in [0.2, 0.25) is 0 Å². The summed E-state index contributed by atoms with van der Waals surface area (Å²) in [4.78, 5) is 13.8. The van der Waals surface area contributed by atoms with Crippen LogP contribution in [0, 0.1) is 0 Å². The van der Waals surface area contributed by atoms with E-state index in [1.165, 1.54) is 11.6 Å². The van der Waals surface area contributed by atoms with Gasteiger partial charge in [0, 0.05) is 24.6 Å². The molecule has 1 aliphatic rings. The minimum Gasteiger partial charge on any atom is -0.306 e. The van der Waals surface area contributed by atoms with Gasteiger partial charge >= 0.3 is 0 Å². The number of para-hydroxylation sites is 1. The van der Waals surface area contributed by atoms with Gasteiger partial charge in [-0.05, 0) is 30.2 Å². The third-order valence-corrected chi connectivity index (χ3v) is 3.47. The number of rotatable bonds is 2. The van der Waals surface area contributed by atoms with Gasteiger partial charge < -0.3 is 4.90 Å². The molecule has 4 nitrogen and oxygen atoms in total. The molecule has 0 saturated carbocycles. The number of amides is 1. The Morgan fingerprint density at radius 1 is 1.37 bits per heavy atom. The first-order valence-corrected chi connectivity index (χ1v) is 6.30. The van der Waals surface area contributed by atoms with Crippen LogP contribution in [0.1, 0.15) is 11.6 Å². The van der Waals surface area contributed by atoms with Gasteiger partial charge in [0.15, 0.2) is 0 Å². The molecule has 19 heavy (non-hydrogen) atoms. The molecule has 1 aliphatic heterocycles. The number of hydrogen-bond donors (Lipinski definition) is 0. The van der Waals surface area contributed by atoms with Crippen LogP contribution in [-0.4, -0.2) is 22.2 Å². The number of nitrogens with zero attached hydrogens (tertiary/aromatic N) is 3. The number of hydrogen-bond acceptors (Lipinski definition) is 2. The normalized spacial score (nSPS) is 17.9. The highest BCUT2D eigenvalue weighted by Crippen LogP contribution is 2.31. The van der Waals surface area contributed by atoms with E-state index in [1.807, 2.05) is 35.1 Å². The summed E-state index contributed by atoms with van der Waals surface area (Å²) >= 11 is 0. The standard InChI is InChI=1S/C15H15N3O/c1-2-15(19)17-11-13(18-9-5-8-16-18)10-12-6-3-4-7-14(12)17/h2-9,13H,1,10-11H2. The number of benzene rings is 1. The Hall–Kier alpha value is -2.36. The van der Waals surface area contributed by atoms with Crippen LogP contribution in [0.5, 0.6) is 0 Å². The third-order valence-electron chi connectivity index (χ3n) is 3.47. The van der Waals surface area contributed by atoms with Crippen molar-refractivity contribution in [2.24, 2.45) is 0 Å². The first kappa shape index (κ1) is 11.7. The van der Waals surface area contributed by atoms with Crippen LogP contribution in [0.25, 0.3) is 0 Å². The van der Waals surface area contributed by atoms with Gasteiger partial charge in [-0.1, -0.05) is 24.8 Å². The molecule has 1 unspecified atom stereocenters. The summed E-state index contributed by atoms with van der Waals surface area (Å²) in [6, 6.07) is 10.1. The smallest absolute Gasteiger partial charge is 0.250 e. The molecule has 96 valence electrons. The SMILES string of the molecule is C=CC(=O)N1CC(n2cccn2)Cc2ccccc21. The van der Waals surface area contributed by atoms with Crippen LogP contribution in [0.4, 0.5) is 5.69 Å². The summed E-state index contributed by atoms with van der Waals surface area (Å²) in [6.07, 6.45) is 5.95. The van der Waals surface area contributed by atoms with E-state index in [4.69, 9.17) is 0 Å². The summed E-state index contributed by atoms with van der Waals surface area (Å²) in [7, 11) is 0. The van der Waals surface area contributed by atoms with Crippen molar-refractivity contribution in [1.82, 2.24) is 9.78 Å². The zero-order valence-electron chi connectivity index (χ0n) is 10.6. The van der Waals surface area contributed by atoms with Gasteiger partial charge in [0.1, 0.15) is 0 Å². The molecule has 1 atom stereocenters. The van der Waals surface area contributed by atoms with E-state index in [9.17, 15) is 4.79 Å². The molecule has 0 fully saturated rings. The van der Waals surface area contributed by atoms with E-state index in [0.717, 1.165) is 12.1 Å². The lowest BCUT2D eigenvalue weighted by Gasteiger charge is -2.34. The average Bonchev–Trinajstić information content (AvgIpc) is 2.99. The van der Waals surface area contributed by atoms with Gasteiger partial charge in [0.2, 0.25) is 5.91 Å². The number of fused-ring (bicyclic) bond motifs is 1. The quantitative estimate of drug-likeness (QED) is 0.769. The molecular formula is C15H15N3O. The predicted molar refractivity (Wildman–Crippen MR) is 74.0 cm³/mol. The van der Waals surface area contributed by atoms with Gasteiger partial charge in [0.25, 0.3) is 0 Å². The van der Waals surface area contributed by atoms with E-state index in [2.05, 4.69) is 17.7 Å². The topological polar surface area (TPSA) is 38.1 Å². The summed E-state index contributed by atoms with van der Waals surface area (Å²) in [5.74, 6) is -0.0655. The molecule has 4 heteroatoms. The molecule has 0 bridgehead atoms.